The average Bonchev–Trinajstić information content (AvgIpc) is 2.96. The Morgan fingerprint density at radius 3 is 2.62 bits per heavy atom. The van der Waals surface area contributed by atoms with Crippen molar-refractivity contribution in [2.45, 2.75) is 66.0 Å². The molecule has 0 saturated carbocycles. The van der Waals surface area contributed by atoms with Crippen molar-refractivity contribution >= 4 is 17.4 Å². The van der Waals surface area contributed by atoms with Gasteiger partial charge in [0.15, 0.2) is 0 Å². The smallest absolute Gasteiger partial charge is 0.318 e. The Morgan fingerprint density at radius 2 is 1.92 bits per heavy atom. The standard InChI is InChI=1S/C19H27N5OS/c1-11-15-8-6-7-9-16(15)23-17(21-11)10-20-19(25)24(5)12(2)18-13(3)26-14(4)22-18/h12H,6-10H2,1-5H3,(H,20,25)/t12-/m1/s1. The summed E-state index contributed by atoms with van der Waals surface area (Å²) in [4.78, 5) is 29.2. The average molecular weight is 374 g/mol. The molecule has 1 aliphatic rings. The zero-order valence-corrected chi connectivity index (χ0v) is 17.0. The van der Waals surface area contributed by atoms with E-state index in [2.05, 4.69) is 20.3 Å². The van der Waals surface area contributed by atoms with Gasteiger partial charge in [-0.05, 0) is 58.9 Å². The summed E-state index contributed by atoms with van der Waals surface area (Å²) in [6, 6.07) is -0.215. The molecule has 1 aliphatic carbocycles. The Balaban J connectivity index is 1.65. The maximum absolute atomic E-state index is 12.6. The fraction of sp³-hybridized carbons (Fsp3) is 0.579. The normalized spacial score (nSPS) is 14.7. The van der Waals surface area contributed by atoms with Gasteiger partial charge < -0.3 is 10.2 Å². The van der Waals surface area contributed by atoms with Crippen LogP contribution in [0.5, 0.6) is 0 Å². The number of thiazole rings is 1. The molecular formula is C19H27N5OS. The maximum Gasteiger partial charge on any atom is 0.318 e. The van der Waals surface area contributed by atoms with E-state index in [9.17, 15) is 4.79 Å². The van der Waals surface area contributed by atoms with Gasteiger partial charge in [-0.15, -0.1) is 11.3 Å². The molecule has 2 heterocycles. The van der Waals surface area contributed by atoms with Crippen LogP contribution in [0.2, 0.25) is 0 Å². The summed E-state index contributed by atoms with van der Waals surface area (Å²) in [7, 11) is 1.80. The second kappa shape index (κ2) is 7.70. The van der Waals surface area contributed by atoms with E-state index >= 15 is 0 Å². The summed E-state index contributed by atoms with van der Waals surface area (Å²) >= 11 is 1.66. The molecule has 2 amide bonds. The lowest BCUT2D eigenvalue weighted by atomic mass is 9.95. The van der Waals surface area contributed by atoms with Crippen LogP contribution < -0.4 is 5.32 Å². The molecule has 1 atom stereocenters. The number of urea groups is 1. The van der Waals surface area contributed by atoms with E-state index in [1.54, 1.807) is 23.3 Å². The predicted octanol–water partition coefficient (Wildman–Crippen LogP) is 3.64. The number of hydrogen-bond acceptors (Lipinski definition) is 5. The molecule has 0 aliphatic heterocycles. The van der Waals surface area contributed by atoms with Crippen molar-refractivity contribution in [1.29, 1.82) is 0 Å². The Kier molecular flexibility index (Phi) is 5.55. The minimum atomic E-state index is -0.137. The first-order chi connectivity index (χ1) is 12.4. The van der Waals surface area contributed by atoms with E-state index in [1.165, 1.54) is 18.4 Å². The van der Waals surface area contributed by atoms with Crippen molar-refractivity contribution in [2.24, 2.45) is 0 Å². The van der Waals surface area contributed by atoms with Crippen LogP contribution in [0.25, 0.3) is 0 Å². The van der Waals surface area contributed by atoms with Gasteiger partial charge in [-0.2, -0.15) is 0 Å². The van der Waals surface area contributed by atoms with Gasteiger partial charge in [0.25, 0.3) is 0 Å². The summed E-state index contributed by atoms with van der Waals surface area (Å²) in [6.07, 6.45) is 4.48. The first kappa shape index (κ1) is 18.8. The minimum Gasteiger partial charge on any atom is -0.331 e. The highest BCUT2D eigenvalue weighted by atomic mass is 32.1. The van der Waals surface area contributed by atoms with Crippen LogP contribution in [-0.2, 0) is 19.4 Å². The molecule has 1 N–H and O–H groups in total. The molecule has 0 saturated heterocycles. The lowest BCUT2D eigenvalue weighted by Gasteiger charge is -2.24. The van der Waals surface area contributed by atoms with Crippen molar-refractivity contribution in [3.8, 4) is 0 Å². The minimum absolute atomic E-state index is 0.0777. The van der Waals surface area contributed by atoms with Crippen LogP contribution in [-0.4, -0.2) is 32.9 Å². The molecule has 2 aromatic heterocycles. The fourth-order valence-electron chi connectivity index (χ4n) is 3.49. The first-order valence-corrected chi connectivity index (χ1v) is 9.98. The molecule has 0 spiro atoms. The first-order valence-electron chi connectivity index (χ1n) is 9.16. The molecule has 0 radical (unpaired) electrons. The van der Waals surface area contributed by atoms with Crippen LogP contribution in [0.4, 0.5) is 4.79 Å². The highest BCUT2D eigenvalue weighted by Crippen LogP contribution is 2.26. The van der Waals surface area contributed by atoms with Crippen molar-refractivity contribution in [2.75, 3.05) is 7.05 Å². The Bertz CT molecular complexity index is 817. The highest BCUT2D eigenvalue weighted by Gasteiger charge is 2.22. The number of amides is 2. The van der Waals surface area contributed by atoms with Crippen LogP contribution in [0, 0.1) is 20.8 Å². The highest BCUT2D eigenvalue weighted by molar-refractivity contribution is 7.11. The van der Waals surface area contributed by atoms with E-state index in [0.717, 1.165) is 39.8 Å². The largest absolute Gasteiger partial charge is 0.331 e. The van der Waals surface area contributed by atoms with Crippen LogP contribution in [0.1, 0.15) is 64.2 Å². The summed E-state index contributed by atoms with van der Waals surface area (Å²) < 4.78 is 0. The molecule has 6 nitrogen and oxygen atoms in total. The Hall–Kier alpha value is -2.02. The number of hydrogen-bond donors (Lipinski definition) is 1. The van der Waals surface area contributed by atoms with Gasteiger partial charge in [0, 0.05) is 23.3 Å². The van der Waals surface area contributed by atoms with Gasteiger partial charge in [0.1, 0.15) is 5.82 Å². The van der Waals surface area contributed by atoms with E-state index in [0.29, 0.717) is 12.4 Å². The molecule has 140 valence electrons. The Labute approximate surface area is 159 Å². The van der Waals surface area contributed by atoms with Crippen LogP contribution in [0.3, 0.4) is 0 Å². The monoisotopic (exact) mass is 373 g/mol. The van der Waals surface area contributed by atoms with E-state index < -0.39 is 0 Å². The predicted molar refractivity (Wildman–Crippen MR) is 103 cm³/mol. The number of aromatic nitrogens is 3. The summed E-state index contributed by atoms with van der Waals surface area (Å²) in [5, 5.41) is 3.97. The van der Waals surface area contributed by atoms with Crippen molar-refractivity contribution < 1.29 is 4.79 Å². The van der Waals surface area contributed by atoms with Gasteiger partial charge >= 0.3 is 6.03 Å². The van der Waals surface area contributed by atoms with Gasteiger partial charge in [-0.25, -0.2) is 19.7 Å². The van der Waals surface area contributed by atoms with Crippen LogP contribution in [0.15, 0.2) is 0 Å². The molecule has 2 aromatic rings. The fourth-order valence-corrected chi connectivity index (χ4v) is 4.40. The third-order valence-corrected chi connectivity index (χ3v) is 5.97. The zero-order chi connectivity index (χ0) is 18.8. The summed E-state index contributed by atoms with van der Waals surface area (Å²) in [5.74, 6) is 0.693. The number of aryl methyl sites for hydroxylation is 4. The molecular weight excluding hydrogens is 346 g/mol. The lowest BCUT2D eigenvalue weighted by molar-refractivity contribution is 0.192. The van der Waals surface area contributed by atoms with E-state index in [4.69, 9.17) is 0 Å². The molecule has 0 aromatic carbocycles. The van der Waals surface area contributed by atoms with Crippen molar-refractivity contribution in [1.82, 2.24) is 25.2 Å². The van der Waals surface area contributed by atoms with Gasteiger partial charge in [-0.1, -0.05) is 0 Å². The van der Waals surface area contributed by atoms with E-state index in [1.807, 2.05) is 27.7 Å². The number of nitrogens with zero attached hydrogens (tertiary/aromatic N) is 4. The number of fused-ring (bicyclic) bond motifs is 1. The van der Waals surface area contributed by atoms with Gasteiger partial charge in [-0.3, -0.25) is 0 Å². The number of carbonyl (C=O) groups is 1. The second-order valence-corrected chi connectivity index (χ2v) is 8.38. The number of nitrogens with one attached hydrogen (secondary N) is 1. The summed E-state index contributed by atoms with van der Waals surface area (Å²) in [5.41, 5.74) is 4.47. The van der Waals surface area contributed by atoms with Crippen molar-refractivity contribution in [3.05, 3.63) is 38.4 Å². The zero-order valence-electron chi connectivity index (χ0n) is 16.2. The van der Waals surface area contributed by atoms with Gasteiger partial charge in [0.2, 0.25) is 0 Å². The number of carbonyl (C=O) groups excluding carboxylic acids is 1. The van der Waals surface area contributed by atoms with Gasteiger partial charge in [0.05, 0.1) is 23.3 Å². The van der Waals surface area contributed by atoms with Crippen LogP contribution >= 0.6 is 11.3 Å². The number of rotatable bonds is 4. The molecule has 0 bridgehead atoms. The summed E-state index contributed by atoms with van der Waals surface area (Å²) in [6.45, 7) is 8.42. The molecule has 3 rings (SSSR count). The molecule has 26 heavy (non-hydrogen) atoms. The quantitative estimate of drug-likeness (QED) is 0.888. The third-order valence-electron chi connectivity index (χ3n) is 5.07. The topological polar surface area (TPSA) is 71.0 Å². The molecule has 0 unspecified atom stereocenters. The third kappa shape index (κ3) is 3.87. The molecule has 7 heteroatoms. The Morgan fingerprint density at radius 1 is 1.19 bits per heavy atom. The maximum atomic E-state index is 12.6. The molecule has 0 fully saturated rings. The SMILES string of the molecule is Cc1nc([C@@H](C)N(C)C(=O)NCc2nc(C)c3c(n2)CCCC3)c(C)s1. The van der Waals surface area contributed by atoms with Crippen molar-refractivity contribution in [3.63, 3.8) is 0 Å². The van der Waals surface area contributed by atoms with E-state index in [-0.39, 0.29) is 12.1 Å². The second-order valence-electron chi connectivity index (χ2n) is 6.98. The lowest BCUT2D eigenvalue weighted by Crippen LogP contribution is -2.39.